The fraction of sp³-hybridized carbons (Fsp3) is 0.304. The van der Waals surface area contributed by atoms with Crippen LogP contribution in [0.25, 0.3) is 0 Å². The van der Waals surface area contributed by atoms with Crippen molar-refractivity contribution in [2.24, 2.45) is 7.05 Å². The van der Waals surface area contributed by atoms with Gasteiger partial charge in [-0.05, 0) is 18.2 Å². The SMILES string of the molecule is Cn1cc(CN2CCN(C(=O)c3ccccc3COc3ccc(F)cc3F)CC2)cn1. The lowest BCUT2D eigenvalue weighted by Crippen LogP contribution is -2.48. The fourth-order valence-corrected chi connectivity index (χ4v) is 3.69. The van der Waals surface area contributed by atoms with Gasteiger partial charge in [-0.25, -0.2) is 8.78 Å². The summed E-state index contributed by atoms with van der Waals surface area (Å²) in [6, 6.07) is 10.3. The van der Waals surface area contributed by atoms with Crippen molar-refractivity contribution in [3.05, 3.63) is 83.2 Å². The Hall–Kier alpha value is -3.26. The lowest BCUT2D eigenvalue weighted by atomic mass is 10.1. The maximum atomic E-state index is 13.8. The highest BCUT2D eigenvalue weighted by molar-refractivity contribution is 5.95. The Kier molecular flexibility index (Phi) is 6.27. The topological polar surface area (TPSA) is 50.6 Å². The van der Waals surface area contributed by atoms with Crippen molar-refractivity contribution < 1.29 is 18.3 Å². The van der Waals surface area contributed by atoms with E-state index in [4.69, 9.17) is 4.74 Å². The van der Waals surface area contributed by atoms with Crippen LogP contribution >= 0.6 is 0 Å². The molecule has 31 heavy (non-hydrogen) atoms. The normalized spacial score (nSPS) is 14.6. The molecule has 0 bridgehead atoms. The minimum atomic E-state index is -0.770. The maximum absolute atomic E-state index is 13.8. The zero-order valence-corrected chi connectivity index (χ0v) is 17.3. The predicted octanol–water partition coefficient (Wildman–Crippen LogP) is 3.24. The molecule has 162 valence electrons. The van der Waals surface area contributed by atoms with E-state index in [2.05, 4.69) is 10.00 Å². The molecule has 6 nitrogen and oxygen atoms in total. The van der Waals surface area contributed by atoms with E-state index in [-0.39, 0.29) is 18.3 Å². The Labute approximate surface area is 179 Å². The molecule has 0 aliphatic carbocycles. The molecule has 1 aliphatic heterocycles. The van der Waals surface area contributed by atoms with Gasteiger partial charge in [0.2, 0.25) is 0 Å². The summed E-state index contributed by atoms with van der Waals surface area (Å²) in [7, 11) is 1.89. The first kappa shape index (κ1) is 21.0. The number of benzene rings is 2. The molecular weight excluding hydrogens is 402 g/mol. The molecule has 2 heterocycles. The summed E-state index contributed by atoms with van der Waals surface area (Å²) >= 11 is 0. The number of aromatic nitrogens is 2. The molecule has 1 amide bonds. The summed E-state index contributed by atoms with van der Waals surface area (Å²) in [5.41, 5.74) is 2.34. The van der Waals surface area contributed by atoms with Crippen molar-refractivity contribution in [2.75, 3.05) is 26.2 Å². The number of carbonyl (C=O) groups excluding carboxylic acids is 1. The second-order valence-electron chi connectivity index (χ2n) is 7.61. The Morgan fingerprint density at radius 1 is 1.10 bits per heavy atom. The standard InChI is InChI=1S/C23H24F2N4O2/c1-27-14-17(13-26-27)15-28-8-10-29(11-9-28)23(30)20-5-3-2-4-18(20)16-31-22-7-6-19(24)12-21(22)25/h2-7,12-14H,8-11,15-16H2,1H3. The Morgan fingerprint density at radius 3 is 2.58 bits per heavy atom. The molecule has 0 spiro atoms. The van der Waals surface area contributed by atoms with Crippen LogP contribution in [0.5, 0.6) is 5.75 Å². The molecular formula is C23H24F2N4O2. The lowest BCUT2D eigenvalue weighted by molar-refractivity contribution is 0.0626. The number of piperazine rings is 1. The van der Waals surface area contributed by atoms with Crippen molar-refractivity contribution in [2.45, 2.75) is 13.2 Å². The van der Waals surface area contributed by atoms with Gasteiger partial charge in [-0.1, -0.05) is 18.2 Å². The van der Waals surface area contributed by atoms with Gasteiger partial charge >= 0.3 is 0 Å². The third-order valence-electron chi connectivity index (χ3n) is 5.35. The minimum absolute atomic E-state index is 0.0193. The van der Waals surface area contributed by atoms with E-state index in [0.717, 1.165) is 37.3 Å². The number of rotatable bonds is 6. The van der Waals surface area contributed by atoms with E-state index in [9.17, 15) is 13.6 Å². The van der Waals surface area contributed by atoms with Crippen molar-refractivity contribution in [1.82, 2.24) is 19.6 Å². The van der Waals surface area contributed by atoms with Crippen LogP contribution in [0, 0.1) is 11.6 Å². The van der Waals surface area contributed by atoms with Crippen molar-refractivity contribution in [1.29, 1.82) is 0 Å². The summed E-state index contributed by atoms with van der Waals surface area (Å²) in [5, 5.41) is 4.20. The molecule has 0 atom stereocenters. The number of aryl methyl sites for hydroxylation is 1. The van der Waals surface area contributed by atoms with Crippen LogP contribution in [0.15, 0.2) is 54.9 Å². The number of halogens is 2. The van der Waals surface area contributed by atoms with Crippen LogP contribution in [0.3, 0.4) is 0 Å². The average Bonchev–Trinajstić information content (AvgIpc) is 3.18. The van der Waals surface area contributed by atoms with E-state index in [1.807, 2.05) is 30.4 Å². The zero-order valence-electron chi connectivity index (χ0n) is 17.3. The molecule has 8 heteroatoms. The van der Waals surface area contributed by atoms with Gasteiger partial charge in [0.15, 0.2) is 11.6 Å². The second-order valence-corrected chi connectivity index (χ2v) is 7.61. The van der Waals surface area contributed by atoms with Gasteiger partial charge in [-0.15, -0.1) is 0 Å². The molecule has 0 N–H and O–H groups in total. The number of amides is 1. The van der Waals surface area contributed by atoms with Crippen molar-refractivity contribution in [3.8, 4) is 5.75 Å². The molecule has 1 aliphatic rings. The van der Waals surface area contributed by atoms with Crippen molar-refractivity contribution in [3.63, 3.8) is 0 Å². The third kappa shape index (κ3) is 5.08. The van der Waals surface area contributed by atoms with Gasteiger partial charge in [0, 0.05) is 68.7 Å². The fourth-order valence-electron chi connectivity index (χ4n) is 3.69. The lowest BCUT2D eigenvalue weighted by Gasteiger charge is -2.34. The summed E-state index contributed by atoms with van der Waals surface area (Å²) in [6.45, 7) is 3.64. The Bertz CT molecular complexity index is 1060. The summed E-state index contributed by atoms with van der Waals surface area (Å²) < 4.78 is 34.2. The summed E-state index contributed by atoms with van der Waals surface area (Å²) in [4.78, 5) is 17.3. The number of hydrogen-bond donors (Lipinski definition) is 0. The molecule has 1 saturated heterocycles. The largest absolute Gasteiger partial charge is 0.486 e. The average molecular weight is 426 g/mol. The molecule has 1 aromatic heterocycles. The Balaban J connectivity index is 1.37. The van der Waals surface area contributed by atoms with Crippen LogP contribution in [0.4, 0.5) is 8.78 Å². The smallest absolute Gasteiger partial charge is 0.254 e. The quantitative estimate of drug-likeness (QED) is 0.607. The molecule has 1 fully saturated rings. The predicted molar refractivity (Wildman–Crippen MR) is 112 cm³/mol. The zero-order chi connectivity index (χ0) is 21.8. The van der Waals surface area contributed by atoms with E-state index < -0.39 is 11.6 Å². The third-order valence-corrected chi connectivity index (χ3v) is 5.35. The van der Waals surface area contributed by atoms with Crippen LogP contribution in [0.2, 0.25) is 0 Å². The van der Waals surface area contributed by atoms with E-state index in [0.29, 0.717) is 24.2 Å². The van der Waals surface area contributed by atoms with Crippen LogP contribution < -0.4 is 4.74 Å². The van der Waals surface area contributed by atoms with Crippen LogP contribution in [0.1, 0.15) is 21.5 Å². The highest BCUT2D eigenvalue weighted by atomic mass is 19.1. The van der Waals surface area contributed by atoms with Gasteiger partial charge in [-0.3, -0.25) is 14.4 Å². The molecule has 3 aromatic rings. The molecule has 4 rings (SSSR count). The number of hydrogen-bond acceptors (Lipinski definition) is 4. The first-order valence-corrected chi connectivity index (χ1v) is 10.1. The summed E-state index contributed by atoms with van der Waals surface area (Å²) in [6.07, 6.45) is 3.86. The highest BCUT2D eigenvalue weighted by Gasteiger charge is 2.24. The van der Waals surface area contributed by atoms with Gasteiger partial charge in [0.25, 0.3) is 5.91 Å². The molecule has 0 radical (unpaired) electrons. The van der Waals surface area contributed by atoms with Crippen LogP contribution in [-0.4, -0.2) is 51.7 Å². The second kappa shape index (κ2) is 9.26. The molecule has 0 saturated carbocycles. The van der Waals surface area contributed by atoms with E-state index in [1.54, 1.807) is 22.9 Å². The van der Waals surface area contributed by atoms with Gasteiger partial charge in [-0.2, -0.15) is 5.10 Å². The Morgan fingerprint density at radius 2 is 1.87 bits per heavy atom. The summed E-state index contributed by atoms with van der Waals surface area (Å²) in [5.74, 6) is -1.55. The first-order chi connectivity index (χ1) is 15.0. The van der Waals surface area contributed by atoms with Gasteiger partial charge in [0.05, 0.1) is 6.20 Å². The highest BCUT2D eigenvalue weighted by Crippen LogP contribution is 2.21. The van der Waals surface area contributed by atoms with Crippen LogP contribution in [-0.2, 0) is 20.2 Å². The van der Waals surface area contributed by atoms with Crippen molar-refractivity contribution >= 4 is 5.91 Å². The first-order valence-electron chi connectivity index (χ1n) is 10.1. The number of carbonyl (C=O) groups is 1. The number of ether oxygens (including phenoxy) is 1. The minimum Gasteiger partial charge on any atom is -0.486 e. The maximum Gasteiger partial charge on any atom is 0.254 e. The number of nitrogens with zero attached hydrogens (tertiary/aromatic N) is 4. The molecule has 0 unspecified atom stereocenters. The van der Waals surface area contributed by atoms with E-state index in [1.165, 1.54) is 6.07 Å². The molecule has 2 aromatic carbocycles. The van der Waals surface area contributed by atoms with E-state index >= 15 is 0 Å². The van der Waals surface area contributed by atoms with Gasteiger partial charge < -0.3 is 9.64 Å². The van der Waals surface area contributed by atoms with Gasteiger partial charge in [0.1, 0.15) is 12.4 Å². The monoisotopic (exact) mass is 426 g/mol.